The molecule has 0 bridgehead atoms. The number of hydrogen-bond acceptors (Lipinski definition) is 9. The molecular weight excluding hydrogens is 480 g/mol. The number of fused-ring (bicyclic) bond motifs is 3. The smallest absolute Gasteiger partial charge is 0.293 e. The lowest BCUT2D eigenvalue weighted by Crippen LogP contribution is -2.46. The highest BCUT2D eigenvalue weighted by Gasteiger charge is 2.26. The number of aryl methyl sites for hydroxylation is 2. The predicted octanol–water partition coefficient (Wildman–Crippen LogP) is 1.74. The highest BCUT2D eigenvalue weighted by atomic mass is 32.2. The molecule has 1 fully saturated rings. The van der Waals surface area contributed by atoms with Gasteiger partial charge in [0.1, 0.15) is 16.3 Å². The van der Waals surface area contributed by atoms with Crippen molar-refractivity contribution in [2.24, 2.45) is 5.14 Å². The minimum Gasteiger partial charge on any atom is -0.363 e. The number of aromatic amines is 1. The van der Waals surface area contributed by atoms with Crippen LogP contribution < -0.4 is 15.6 Å². The second-order valence-electron chi connectivity index (χ2n) is 8.62. The molecule has 0 radical (unpaired) electrons. The first-order valence-corrected chi connectivity index (χ1v) is 13.4. The van der Waals surface area contributed by atoms with E-state index in [1.54, 1.807) is 11.3 Å². The van der Waals surface area contributed by atoms with Crippen LogP contribution in [0.1, 0.15) is 29.1 Å². The SMILES string of the molecule is NS(=O)(=O)c1ccc(N2CCN(Cc3nc4sc5c(c4c(=O)[nH]3)CCCC5)CC2)c([N+](=O)[O-])c1. The number of piperazine rings is 1. The zero-order chi connectivity index (χ0) is 24.0. The van der Waals surface area contributed by atoms with Gasteiger partial charge in [-0.15, -0.1) is 11.3 Å². The number of nitro benzene ring substituents is 1. The molecule has 13 heteroatoms. The maximum atomic E-state index is 12.8. The Morgan fingerprint density at radius 1 is 1.18 bits per heavy atom. The van der Waals surface area contributed by atoms with Gasteiger partial charge in [0.15, 0.2) is 0 Å². The highest BCUT2D eigenvalue weighted by Crippen LogP contribution is 2.34. The van der Waals surface area contributed by atoms with E-state index in [1.165, 1.54) is 17.0 Å². The summed E-state index contributed by atoms with van der Waals surface area (Å²) in [6, 6.07) is 3.72. The first kappa shape index (κ1) is 22.9. The molecule has 2 aromatic heterocycles. The van der Waals surface area contributed by atoms with E-state index < -0.39 is 14.9 Å². The molecule has 34 heavy (non-hydrogen) atoms. The summed E-state index contributed by atoms with van der Waals surface area (Å²) in [6.07, 6.45) is 4.20. The van der Waals surface area contributed by atoms with Crippen LogP contribution in [0.2, 0.25) is 0 Å². The Balaban J connectivity index is 1.31. The number of aromatic nitrogens is 2. The average molecular weight is 505 g/mol. The number of benzene rings is 1. The number of hydrogen-bond donors (Lipinski definition) is 2. The number of primary sulfonamides is 1. The summed E-state index contributed by atoms with van der Waals surface area (Å²) in [5.74, 6) is 0.619. The van der Waals surface area contributed by atoms with Crippen LogP contribution in [0.3, 0.4) is 0 Å². The molecule has 1 aromatic carbocycles. The van der Waals surface area contributed by atoms with Crippen molar-refractivity contribution >= 4 is 43.0 Å². The van der Waals surface area contributed by atoms with Crippen molar-refractivity contribution in [3.8, 4) is 0 Å². The normalized spacial score (nSPS) is 17.1. The van der Waals surface area contributed by atoms with Gasteiger partial charge in [0.05, 0.1) is 21.7 Å². The van der Waals surface area contributed by atoms with E-state index in [-0.39, 0.29) is 16.1 Å². The first-order chi connectivity index (χ1) is 16.2. The minimum atomic E-state index is -4.04. The molecular formula is C21H24N6O5S2. The number of sulfonamides is 1. The van der Waals surface area contributed by atoms with Crippen molar-refractivity contribution in [2.75, 3.05) is 31.1 Å². The minimum absolute atomic E-state index is 0.0800. The summed E-state index contributed by atoms with van der Waals surface area (Å²) in [7, 11) is -4.04. The van der Waals surface area contributed by atoms with Gasteiger partial charge in [-0.05, 0) is 43.4 Å². The van der Waals surface area contributed by atoms with E-state index in [4.69, 9.17) is 10.1 Å². The Hall–Kier alpha value is -2.87. The molecule has 3 aromatic rings. The summed E-state index contributed by atoms with van der Waals surface area (Å²) in [5, 5.41) is 17.4. The monoisotopic (exact) mass is 504 g/mol. The Bertz CT molecular complexity index is 1440. The van der Waals surface area contributed by atoms with Crippen molar-refractivity contribution in [1.29, 1.82) is 0 Å². The quantitative estimate of drug-likeness (QED) is 0.393. The number of nitrogens with one attached hydrogen (secondary N) is 1. The van der Waals surface area contributed by atoms with Crippen LogP contribution in [-0.4, -0.2) is 54.4 Å². The van der Waals surface area contributed by atoms with Gasteiger partial charge >= 0.3 is 0 Å². The van der Waals surface area contributed by atoms with Gasteiger partial charge in [-0.1, -0.05) is 0 Å². The fraction of sp³-hybridized carbons (Fsp3) is 0.429. The third-order valence-electron chi connectivity index (χ3n) is 6.43. The zero-order valence-corrected chi connectivity index (χ0v) is 20.0. The van der Waals surface area contributed by atoms with Crippen LogP contribution in [0.4, 0.5) is 11.4 Å². The van der Waals surface area contributed by atoms with E-state index in [0.29, 0.717) is 44.2 Å². The Labute approximate surface area is 199 Å². The number of thiophene rings is 1. The molecule has 5 rings (SSSR count). The van der Waals surface area contributed by atoms with Crippen molar-refractivity contribution in [2.45, 2.75) is 37.1 Å². The van der Waals surface area contributed by atoms with Crippen LogP contribution >= 0.6 is 11.3 Å². The molecule has 0 saturated carbocycles. The summed E-state index contributed by atoms with van der Waals surface area (Å²) >= 11 is 1.62. The molecule has 1 saturated heterocycles. The lowest BCUT2D eigenvalue weighted by atomic mass is 9.97. The standard InChI is InChI=1S/C21H24N6O5S2/c22-34(31,32)13-5-6-15(16(11-13)27(29)30)26-9-7-25(8-10-26)12-18-23-20(28)19-14-3-1-2-4-17(14)33-21(19)24-18/h5-6,11H,1-4,7-10,12H2,(H2,22,31,32)(H,23,24,28). The second-order valence-corrected chi connectivity index (χ2v) is 11.3. The highest BCUT2D eigenvalue weighted by molar-refractivity contribution is 7.89. The molecule has 11 nitrogen and oxygen atoms in total. The maximum Gasteiger partial charge on any atom is 0.293 e. The van der Waals surface area contributed by atoms with Crippen LogP contribution in [0, 0.1) is 10.1 Å². The molecule has 0 spiro atoms. The van der Waals surface area contributed by atoms with Gasteiger partial charge in [-0.2, -0.15) is 0 Å². The fourth-order valence-electron chi connectivity index (χ4n) is 4.74. The van der Waals surface area contributed by atoms with Crippen LogP contribution in [0.25, 0.3) is 10.2 Å². The summed E-state index contributed by atoms with van der Waals surface area (Å²) in [5.41, 5.74) is 1.14. The van der Waals surface area contributed by atoms with Gasteiger partial charge in [-0.3, -0.25) is 19.8 Å². The molecule has 0 amide bonds. The van der Waals surface area contributed by atoms with E-state index in [0.717, 1.165) is 47.5 Å². The molecule has 1 aliphatic heterocycles. The van der Waals surface area contributed by atoms with Crippen LogP contribution in [0.5, 0.6) is 0 Å². The lowest BCUT2D eigenvalue weighted by Gasteiger charge is -2.35. The van der Waals surface area contributed by atoms with Crippen molar-refractivity contribution in [1.82, 2.24) is 14.9 Å². The number of anilines is 1. The number of nitrogens with zero attached hydrogens (tertiary/aromatic N) is 4. The number of nitrogens with two attached hydrogens (primary N) is 1. The van der Waals surface area contributed by atoms with E-state index in [2.05, 4.69) is 9.88 Å². The maximum absolute atomic E-state index is 12.8. The fourth-order valence-corrected chi connectivity index (χ4v) is 6.55. The topological polar surface area (TPSA) is 156 Å². The largest absolute Gasteiger partial charge is 0.363 e. The Morgan fingerprint density at radius 3 is 2.62 bits per heavy atom. The van der Waals surface area contributed by atoms with Gasteiger partial charge in [0.25, 0.3) is 11.2 Å². The molecule has 0 atom stereocenters. The number of rotatable bonds is 5. The summed E-state index contributed by atoms with van der Waals surface area (Å²) in [4.78, 5) is 37.2. The molecule has 3 heterocycles. The third kappa shape index (κ3) is 4.31. The zero-order valence-electron chi connectivity index (χ0n) is 18.3. The summed E-state index contributed by atoms with van der Waals surface area (Å²) in [6.45, 7) is 2.71. The lowest BCUT2D eigenvalue weighted by molar-refractivity contribution is -0.384. The summed E-state index contributed by atoms with van der Waals surface area (Å²) < 4.78 is 23.2. The van der Waals surface area contributed by atoms with E-state index >= 15 is 0 Å². The Morgan fingerprint density at radius 2 is 1.91 bits per heavy atom. The molecule has 180 valence electrons. The van der Waals surface area contributed by atoms with Crippen molar-refractivity contribution in [3.05, 3.63) is 54.9 Å². The van der Waals surface area contributed by atoms with Crippen LogP contribution in [0.15, 0.2) is 27.9 Å². The van der Waals surface area contributed by atoms with Gasteiger partial charge in [-0.25, -0.2) is 18.5 Å². The number of H-pyrrole nitrogens is 1. The van der Waals surface area contributed by atoms with Crippen LogP contribution in [-0.2, 0) is 29.4 Å². The third-order valence-corrected chi connectivity index (χ3v) is 8.53. The molecule has 2 aliphatic rings. The molecule has 3 N–H and O–H groups in total. The predicted molar refractivity (Wildman–Crippen MR) is 129 cm³/mol. The van der Waals surface area contributed by atoms with Crippen molar-refractivity contribution in [3.63, 3.8) is 0 Å². The average Bonchev–Trinajstić information content (AvgIpc) is 3.17. The van der Waals surface area contributed by atoms with Gasteiger partial charge in [0, 0.05) is 37.1 Å². The molecule has 0 unspecified atom stereocenters. The first-order valence-electron chi connectivity index (χ1n) is 11.0. The van der Waals surface area contributed by atoms with E-state index in [1.807, 2.05) is 4.90 Å². The number of nitro groups is 1. The van der Waals surface area contributed by atoms with Gasteiger partial charge in [0.2, 0.25) is 10.0 Å². The van der Waals surface area contributed by atoms with Gasteiger partial charge < -0.3 is 9.88 Å². The second kappa shape index (κ2) is 8.73. The Kier molecular flexibility index (Phi) is 5.88. The van der Waals surface area contributed by atoms with E-state index in [9.17, 15) is 23.3 Å². The van der Waals surface area contributed by atoms with Crippen molar-refractivity contribution < 1.29 is 13.3 Å². The molecule has 1 aliphatic carbocycles.